The predicted molar refractivity (Wildman–Crippen MR) is 41.2 cm³/mol. The van der Waals surface area contributed by atoms with Crippen LogP contribution < -0.4 is 9.42 Å². The Kier molecular flexibility index (Phi) is 3.06. The monoisotopic (exact) mass is 219 g/mol. The predicted octanol–water partition coefficient (Wildman–Crippen LogP) is 0.633. The van der Waals surface area contributed by atoms with Crippen LogP contribution in [0.1, 0.15) is 0 Å². The highest BCUT2D eigenvalue weighted by Gasteiger charge is 2.23. The Hall–Kier alpha value is -1.59. The van der Waals surface area contributed by atoms with Gasteiger partial charge in [-0.25, -0.2) is 9.77 Å². The summed E-state index contributed by atoms with van der Waals surface area (Å²) in [6.07, 6.45) is 0. The summed E-state index contributed by atoms with van der Waals surface area (Å²) in [6.45, 7) is 0. The highest BCUT2D eigenvalue weighted by Crippen LogP contribution is 2.38. The quantitative estimate of drug-likeness (QED) is 0.589. The van der Waals surface area contributed by atoms with E-state index in [4.69, 9.17) is 5.21 Å². The molecule has 1 unspecified atom stereocenters. The molecule has 1 N–H and O–H groups in total. The SMILES string of the molecule is O=[N+](O)OP(=O)([O-])Oc1ccccc1. The maximum atomic E-state index is 10.8. The lowest BCUT2D eigenvalue weighted by atomic mass is 10.3. The molecule has 0 aliphatic heterocycles. The minimum Gasteiger partial charge on any atom is -0.731 e. The third-order valence-electron chi connectivity index (χ3n) is 1.13. The Bertz CT molecular complexity index is 366. The van der Waals surface area contributed by atoms with E-state index in [0.717, 1.165) is 0 Å². The fraction of sp³-hybridized carbons (Fsp3) is 0. The average molecular weight is 219 g/mol. The maximum Gasteiger partial charge on any atom is 0.483 e. The van der Waals surface area contributed by atoms with E-state index >= 15 is 0 Å². The number of hydrogen-bond donors (Lipinski definition) is 1. The van der Waals surface area contributed by atoms with Gasteiger partial charge in [-0.1, -0.05) is 18.2 Å². The Labute approximate surface area is 78.6 Å². The number of nitrogens with zero attached hydrogens (tertiary/aromatic N) is 1. The first kappa shape index (κ1) is 10.5. The van der Waals surface area contributed by atoms with E-state index in [2.05, 4.69) is 9.15 Å². The van der Waals surface area contributed by atoms with Crippen LogP contribution in [0.15, 0.2) is 30.3 Å². The molecule has 1 aromatic carbocycles. The lowest BCUT2D eigenvalue weighted by Crippen LogP contribution is -2.14. The zero-order valence-electron chi connectivity index (χ0n) is 6.77. The van der Waals surface area contributed by atoms with Gasteiger partial charge in [0.25, 0.3) is 0 Å². The van der Waals surface area contributed by atoms with Gasteiger partial charge in [0.05, 0.1) is 0 Å². The number of para-hydroxylation sites is 1. The molecule has 8 heteroatoms. The largest absolute Gasteiger partial charge is 0.731 e. The lowest BCUT2D eigenvalue weighted by Gasteiger charge is -2.14. The van der Waals surface area contributed by atoms with E-state index in [1.807, 2.05) is 0 Å². The first-order chi connectivity index (χ1) is 6.49. The van der Waals surface area contributed by atoms with Crippen LogP contribution in [0.25, 0.3) is 0 Å². The highest BCUT2D eigenvalue weighted by molar-refractivity contribution is 7.46. The Morgan fingerprint density at radius 1 is 1.36 bits per heavy atom. The molecule has 0 saturated heterocycles. The van der Waals surface area contributed by atoms with Gasteiger partial charge in [0, 0.05) is 0 Å². The van der Waals surface area contributed by atoms with Crippen molar-refractivity contribution in [2.24, 2.45) is 0 Å². The van der Waals surface area contributed by atoms with Crippen molar-refractivity contribution in [3.63, 3.8) is 0 Å². The van der Waals surface area contributed by atoms with Crippen LogP contribution in [0.5, 0.6) is 5.75 Å². The molecule has 0 heterocycles. The molecular formula is C6H6NO6P. The molecular weight excluding hydrogens is 213 g/mol. The third kappa shape index (κ3) is 3.42. The standard InChI is InChI=1S/C6H6NO6P/c8-7(9)13-14(10,11)12-6-4-2-1-3-5-6/h1-5H,(H-,8,9,10,11). The minimum atomic E-state index is -4.86. The van der Waals surface area contributed by atoms with Crippen LogP contribution in [0, 0.1) is 4.91 Å². The zero-order valence-corrected chi connectivity index (χ0v) is 7.66. The summed E-state index contributed by atoms with van der Waals surface area (Å²) in [7, 11) is -4.86. The van der Waals surface area contributed by atoms with Crippen molar-refractivity contribution in [2.75, 3.05) is 0 Å². The molecule has 0 aromatic heterocycles. The van der Waals surface area contributed by atoms with E-state index in [1.54, 1.807) is 6.07 Å². The van der Waals surface area contributed by atoms with Crippen LogP contribution in [0.2, 0.25) is 0 Å². The third-order valence-corrected chi connectivity index (χ3v) is 1.90. The van der Waals surface area contributed by atoms with E-state index in [1.165, 1.54) is 24.3 Å². The molecule has 0 saturated carbocycles. The van der Waals surface area contributed by atoms with Crippen LogP contribution in [-0.4, -0.2) is 10.3 Å². The van der Waals surface area contributed by atoms with Crippen LogP contribution in [0.4, 0.5) is 0 Å². The highest BCUT2D eigenvalue weighted by atomic mass is 31.2. The molecule has 0 aliphatic rings. The number of hydrogen-bond acceptors (Lipinski definition) is 5. The molecule has 0 amide bonds. The van der Waals surface area contributed by atoms with Crippen molar-refractivity contribution in [1.82, 2.24) is 0 Å². The van der Waals surface area contributed by atoms with Gasteiger partial charge in [-0.2, -0.15) is 0 Å². The van der Waals surface area contributed by atoms with Crippen molar-refractivity contribution in [1.29, 1.82) is 0 Å². The molecule has 0 radical (unpaired) electrons. The molecule has 0 fully saturated rings. The zero-order chi connectivity index (χ0) is 10.6. The summed E-state index contributed by atoms with van der Waals surface area (Å²) in [5.41, 5.74) is 0. The van der Waals surface area contributed by atoms with Gasteiger partial charge in [0.2, 0.25) is 0 Å². The van der Waals surface area contributed by atoms with Crippen molar-refractivity contribution in [3.05, 3.63) is 35.2 Å². The molecule has 76 valence electrons. The van der Waals surface area contributed by atoms with E-state index in [9.17, 15) is 14.4 Å². The van der Waals surface area contributed by atoms with Gasteiger partial charge >= 0.3 is 12.9 Å². The number of phosphoric ester groups is 1. The summed E-state index contributed by atoms with van der Waals surface area (Å²) >= 11 is 0. The van der Waals surface area contributed by atoms with E-state index < -0.39 is 12.9 Å². The summed E-state index contributed by atoms with van der Waals surface area (Å²) in [6, 6.07) is 7.41. The van der Waals surface area contributed by atoms with E-state index in [0.29, 0.717) is 0 Å². The molecule has 0 bridgehead atoms. The van der Waals surface area contributed by atoms with Crippen molar-refractivity contribution < 1.29 is 28.9 Å². The minimum absolute atomic E-state index is 0.0207. The van der Waals surface area contributed by atoms with Crippen LogP contribution in [-0.2, 0) is 9.19 Å². The Balaban J connectivity index is 2.69. The number of rotatable bonds is 4. The molecule has 7 nitrogen and oxygen atoms in total. The maximum absolute atomic E-state index is 10.8. The normalized spacial score (nSPS) is 14.1. The summed E-state index contributed by atoms with van der Waals surface area (Å²) in [5, 5.41) is 6.77. The van der Waals surface area contributed by atoms with Gasteiger partial charge in [-0.15, -0.1) is 4.62 Å². The lowest BCUT2D eigenvalue weighted by molar-refractivity contribution is -0.952. The van der Waals surface area contributed by atoms with Crippen molar-refractivity contribution in [2.45, 2.75) is 0 Å². The second-order valence-electron chi connectivity index (χ2n) is 2.17. The first-order valence-corrected chi connectivity index (χ1v) is 4.87. The van der Waals surface area contributed by atoms with Crippen LogP contribution in [0.3, 0.4) is 0 Å². The smallest absolute Gasteiger partial charge is 0.483 e. The first-order valence-electron chi connectivity index (χ1n) is 3.41. The van der Waals surface area contributed by atoms with Gasteiger partial charge < -0.3 is 9.42 Å². The number of benzene rings is 1. The molecule has 0 spiro atoms. The van der Waals surface area contributed by atoms with Gasteiger partial charge in [0.1, 0.15) is 10.7 Å². The van der Waals surface area contributed by atoms with Crippen LogP contribution >= 0.6 is 7.82 Å². The summed E-state index contributed by atoms with van der Waals surface area (Å²) in [4.78, 5) is 20.6. The van der Waals surface area contributed by atoms with Crippen molar-refractivity contribution in [3.8, 4) is 5.75 Å². The van der Waals surface area contributed by atoms with E-state index in [-0.39, 0.29) is 5.75 Å². The molecule has 0 aliphatic carbocycles. The second-order valence-corrected chi connectivity index (χ2v) is 3.41. The number of phosphoric acid groups is 1. The molecule has 1 rings (SSSR count). The molecule has 1 atom stereocenters. The second kappa shape index (κ2) is 4.08. The summed E-state index contributed by atoms with van der Waals surface area (Å²) < 4.78 is 18.5. The molecule has 1 aromatic rings. The Morgan fingerprint density at radius 3 is 2.43 bits per heavy atom. The fourth-order valence-corrected chi connectivity index (χ4v) is 1.30. The summed E-state index contributed by atoms with van der Waals surface area (Å²) in [5.74, 6) is -0.0207. The Morgan fingerprint density at radius 2 is 1.93 bits per heavy atom. The van der Waals surface area contributed by atoms with Gasteiger partial charge in [0.15, 0.2) is 0 Å². The van der Waals surface area contributed by atoms with Gasteiger partial charge in [-0.3, -0.25) is 0 Å². The topological polar surface area (TPSA) is 98.9 Å². The average Bonchev–Trinajstić information content (AvgIpc) is 2.02. The van der Waals surface area contributed by atoms with Crippen molar-refractivity contribution >= 4 is 7.82 Å². The van der Waals surface area contributed by atoms with Gasteiger partial charge in [-0.05, 0) is 12.1 Å². The fourth-order valence-electron chi connectivity index (χ4n) is 0.713. The molecule has 14 heavy (non-hydrogen) atoms.